The fraction of sp³-hybridized carbons (Fsp3) is 0.500. The lowest BCUT2D eigenvalue weighted by Crippen LogP contribution is -2.33. The maximum absolute atomic E-state index is 4.06. The van der Waals surface area contributed by atoms with Crippen LogP contribution in [0.5, 0.6) is 0 Å². The van der Waals surface area contributed by atoms with E-state index < -0.39 is 0 Å². The molecule has 2 aromatic heterocycles. The zero-order chi connectivity index (χ0) is 15.0. The van der Waals surface area contributed by atoms with Crippen molar-refractivity contribution < 1.29 is 0 Å². The Morgan fingerprint density at radius 2 is 1.95 bits per heavy atom. The molecular formula is C18H24N2S2. The lowest BCUT2D eigenvalue weighted by atomic mass is 9.95. The number of nitrogens with zero attached hydrogens (tertiary/aromatic N) is 2. The number of hydrogen-bond acceptors (Lipinski definition) is 4. The Morgan fingerprint density at radius 3 is 2.68 bits per heavy atom. The number of rotatable bonds is 7. The summed E-state index contributed by atoms with van der Waals surface area (Å²) in [7, 11) is 0. The molecule has 0 amide bonds. The fourth-order valence-corrected chi connectivity index (χ4v) is 4.82. The summed E-state index contributed by atoms with van der Waals surface area (Å²) in [6, 6.07) is 8.69. The molecule has 0 atom stereocenters. The number of pyridine rings is 1. The minimum atomic E-state index is 0.818. The monoisotopic (exact) mass is 332 g/mol. The highest BCUT2D eigenvalue weighted by Crippen LogP contribution is 2.31. The van der Waals surface area contributed by atoms with Gasteiger partial charge in [-0.05, 0) is 80.6 Å². The van der Waals surface area contributed by atoms with Gasteiger partial charge in [0.25, 0.3) is 0 Å². The Labute approximate surface area is 142 Å². The highest BCUT2D eigenvalue weighted by atomic mass is 32.2. The van der Waals surface area contributed by atoms with Crippen LogP contribution in [-0.2, 0) is 0 Å². The summed E-state index contributed by atoms with van der Waals surface area (Å²) in [6.45, 7) is 3.83. The number of likely N-dealkylation sites (tertiary alicyclic amines) is 1. The van der Waals surface area contributed by atoms with Crippen LogP contribution in [0, 0.1) is 0 Å². The van der Waals surface area contributed by atoms with E-state index in [1.54, 1.807) is 4.88 Å². The number of aromatic nitrogens is 1. The summed E-state index contributed by atoms with van der Waals surface area (Å²) in [5.74, 6) is 2.04. The SMILES string of the molecule is c1csc(C2CCN(CCCCSc3ccncc3)CC2)c1. The highest BCUT2D eigenvalue weighted by molar-refractivity contribution is 7.99. The van der Waals surface area contributed by atoms with Crippen molar-refractivity contribution in [2.45, 2.75) is 36.5 Å². The molecule has 3 rings (SSSR count). The first-order valence-electron chi connectivity index (χ1n) is 8.20. The first kappa shape index (κ1) is 16.0. The van der Waals surface area contributed by atoms with E-state index in [4.69, 9.17) is 0 Å². The Balaban J connectivity index is 1.27. The van der Waals surface area contributed by atoms with Crippen LogP contribution in [0.4, 0.5) is 0 Å². The molecule has 0 N–H and O–H groups in total. The number of unbranched alkanes of at least 4 members (excludes halogenated alkanes) is 1. The highest BCUT2D eigenvalue weighted by Gasteiger charge is 2.20. The molecule has 0 aliphatic carbocycles. The van der Waals surface area contributed by atoms with Gasteiger partial charge in [0.15, 0.2) is 0 Å². The number of piperidine rings is 1. The summed E-state index contributed by atoms with van der Waals surface area (Å²) in [4.78, 5) is 9.64. The summed E-state index contributed by atoms with van der Waals surface area (Å²) in [6.07, 6.45) is 9.05. The molecule has 2 aromatic rings. The molecule has 0 spiro atoms. The smallest absolute Gasteiger partial charge is 0.0278 e. The number of hydrogen-bond donors (Lipinski definition) is 0. The number of thioether (sulfide) groups is 1. The van der Waals surface area contributed by atoms with Gasteiger partial charge >= 0.3 is 0 Å². The van der Waals surface area contributed by atoms with Gasteiger partial charge in [-0.2, -0.15) is 0 Å². The zero-order valence-electron chi connectivity index (χ0n) is 13.0. The maximum atomic E-state index is 4.06. The van der Waals surface area contributed by atoms with Crippen LogP contribution in [-0.4, -0.2) is 35.3 Å². The Hall–Kier alpha value is -0.840. The van der Waals surface area contributed by atoms with Crippen molar-refractivity contribution in [2.75, 3.05) is 25.4 Å². The molecule has 0 radical (unpaired) electrons. The molecule has 1 saturated heterocycles. The Kier molecular flexibility index (Phi) is 6.34. The van der Waals surface area contributed by atoms with Gasteiger partial charge in [0.1, 0.15) is 0 Å². The third kappa shape index (κ3) is 4.83. The average molecular weight is 333 g/mol. The minimum absolute atomic E-state index is 0.818. The molecule has 22 heavy (non-hydrogen) atoms. The van der Waals surface area contributed by atoms with Crippen molar-refractivity contribution >= 4 is 23.1 Å². The van der Waals surface area contributed by atoms with Gasteiger partial charge in [-0.25, -0.2) is 0 Å². The lowest BCUT2D eigenvalue weighted by Gasteiger charge is -2.31. The lowest BCUT2D eigenvalue weighted by molar-refractivity contribution is 0.211. The molecule has 2 nitrogen and oxygen atoms in total. The van der Waals surface area contributed by atoms with Crippen LogP contribution in [0.3, 0.4) is 0 Å². The predicted molar refractivity (Wildman–Crippen MR) is 96.9 cm³/mol. The van der Waals surface area contributed by atoms with Crippen LogP contribution < -0.4 is 0 Å². The molecule has 0 bridgehead atoms. The van der Waals surface area contributed by atoms with Gasteiger partial charge in [-0.1, -0.05) is 6.07 Å². The first-order valence-corrected chi connectivity index (χ1v) is 10.1. The van der Waals surface area contributed by atoms with Crippen LogP contribution in [0.2, 0.25) is 0 Å². The Bertz CT molecular complexity index is 519. The molecule has 0 saturated carbocycles. The molecule has 1 aliphatic rings. The quantitative estimate of drug-likeness (QED) is 0.530. The van der Waals surface area contributed by atoms with E-state index in [1.165, 1.54) is 56.0 Å². The first-order chi connectivity index (χ1) is 10.9. The normalized spacial score (nSPS) is 16.9. The third-order valence-corrected chi connectivity index (χ3v) is 6.45. The summed E-state index contributed by atoms with van der Waals surface area (Å²) in [5.41, 5.74) is 0. The summed E-state index contributed by atoms with van der Waals surface area (Å²) in [5, 5.41) is 2.21. The van der Waals surface area contributed by atoms with Crippen molar-refractivity contribution in [3.8, 4) is 0 Å². The molecular weight excluding hydrogens is 308 g/mol. The van der Waals surface area contributed by atoms with Crippen molar-refractivity contribution in [3.05, 3.63) is 46.9 Å². The van der Waals surface area contributed by atoms with Gasteiger partial charge in [-0.15, -0.1) is 23.1 Å². The van der Waals surface area contributed by atoms with E-state index in [0.29, 0.717) is 0 Å². The van der Waals surface area contributed by atoms with Crippen molar-refractivity contribution in [1.82, 2.24) is 9.88 Å². The van der Waals surface area contributed by atoms with E-state index in [9.17, 15) is 0 Å². The summed E-state index contributed by atoms with van der Waals surface area (Å²) >= 11 is 3.88. The van der Waals surface area contributed by atoms with Crippen LogP contribution in [0.25, 0.3) is 0 Å². The largest absolute Gasteiger partial charge is 0.303 e. The fourth-order valence-electron chi connectivity index (χ4n) is 3.03. The van der Waals surface area contributed by atoms with Gasteiger partial charge < -0.3 is 4.90 Å². The molecule has 4 heteroatoms. The topological polar surface area (TPSA) is 16.1 Å². The molecule has 1 fully saturated rings. The standard InChI is InChI=1S/C18H24N2S2/c1(2-14-21-17-5-9-19-10-6-17)11-20-12-7-16(8-13-20)18-4-3-15-22-18/h3-6,9-10,15-16H,1-2,7-8,11-14H2. The number of thiophene rings is 1. The second-order valence-corrected chi connectivity index (χ2v) is 8.02. The second kappa shape index (κ2) is 8.70. The van der Waals surface area contributed by atoms with Gasteiger partial charge in [0.05, 0.1) is 0 Å². The molecule has 1 aliphatic heterocycles. The predicted octanol–water partition coefficient (Wildman–Crippen LogP) is 4.90. The van der Waals surface area contributed by atoms with Crippen LogP contribution >= 0.6 is 23.1 Å². The van der Waals surface area contributed by atoms with E-state index in [1.807, 2.05) is 35.5 Å². The maximum Gasteiger partial charge on any atom is 0.0278 e. The van der Waals surface area contributed by atoms with Gasteiger partial charge in [-0.3, -0.25) is 4.98 Å². The molecule has 3 heterocycles. The average Bonchev–Trinajstić information content (AvgIpc) is 3.11. The van der Waals surface area contributed by atoms with E-state index in [-0.39, 0.29) is 0 Å². The van der Waals surface area contributed by atoms with Crippen LogP contribution in [0.15, 0.2) is 46.9 Å². The van der Waals surface area contributed by atoms with Gasteiger partial charge in [0, 0.05) is 22.2 Å². The van der Waals surface area contributed by atoms with Crippen LogP contribution in [0.1, 0.15) is 36.5 Å². The van der Waals surface area contributed by atoms with Crippen molar-refractivity contribution in [1.29, 1.82) is 0 Å². The second-order valence-electron chi connectivity index (χ2n) is 5.87. The van der Waals surface area contributed by atoms with E-state index >= 15 is 0 Å². The third-order valence-electron chi connectivity index (χ3n) is 4.32. The van der Waals surface area contributed by atoms with E-state index in [2.05, 4.69) is 39.5 Å². The molecule has 118 valence electrons. The molecule has 0 aromatic carbocycles. The minimum Gasteiger partial charge on any atom is -0.303 e. The van der Waals surface area contributed by atoms with Crippen molar-refractivity contribution in [2.24, 2.45) is 0 Å². The van der Waals surface area contributed by atoms with E-state index in [0.717, 1.165) is 5.92 Å². The van der Waals surface area contributed by atoms with Gasteiger partial charge in [0.2, 0.25) is 0 Å². The summed E-state index contributed by atoms with van der Waals surface area (Å²) < 4.78 is 0. The Morgan fingerprint density at radius 1 is 1.14 bits per heavy atom. The van der Waals surface area contributed by atoms with Crippen molar-refractivity contribution in [3.63, 3.8) is 0 Å². The zero-order valence-corrected chi connectivity index (χ0v) is 14.6. The molecule has 0 unspecified atom stereocenters.